The van der Waals surface area contributed by atoms with Crippen LogP contribution in [-0.2, 0) is 0 Å². The van der Waals surface area contributed by atoms with E-state index < -0.39 is 0 Å². The molecule has 0 spiro atoms. The molecule has 118 valence electrons. The van der Waals surface area contributed by atoms with Crippen LogP contribution in [0.2, 0.25) is 0 Å². The van der Waals surface area contributed by atoms with Crippen molar-refractivity contribution >= 4 is 15.9 Å². The van der Waals surface area contributed by atoms with E-state index in [2.05, 4.69) is 52.0 Å². The van der Waals surface area contributed by atoms with Crippen molar-refractivity contribution in [3.05, 3.63) is 34.3 Å². The Morgan fingerprint density at radius 3 is 2.67 bits per heavy atom. The second-order valence-electron chi connectivity index (χ2n) is 6.25. The van der Waals surface area contributed by atoms with Gasteiger partial charge in [-0.25, -0.2) is 0 Å². The summed E-state index contributed by atoms with van der Waals surface area (Å²) < 4.78 is 1.08. The van der Waals surface area contributed by atoms with Gasteiger partial charge in [0.15, 0.2) is 0 Å². The molecule has 3 N–H and O–H groups in total. The van der Waals surface area contributed by atoms with Gasteiger partial charge in [-0.2, -0.15) is 0 Å². The predicted molar refractivity (Wildman–Crippen MR) is 90.2 cm³/mol. The highest BCUT2D eigenvalue weighted by atomic mass is 79.9. The van der Waals surface area contributed by atoms with E-state index in [0.717, 1.165) is 36.9 Å². The zero-order valence-corrected chi connectivity index (χ0v) is 14.5. The average Bonchev–Trinajstić information content (AvgIpc) is 2.76. The van der Waals surface area contributed by atoms with Gasteiger partial charge in [0.05, 0.1) is 6.10 Å². The second-order valence-corrected chi connectivity index (χ2v) is 7.16. The van der Waals surface area contributed by atoms with Crippen LogP contribution in [0.4, 0.5) is 0 Å². The van der Waals surface area contributed by atoms with Gasteiger partial charge < -0.3 is 15.7 Å². The molecule has 3 atom stereocenters. The van der Waals surface area contributed by atoms with Gasteiger partial charge in [-0.1, -0.05) is 28.1 Å². The topological polar surface area (TPSA) is 52.7 Å². The molecule has 0 aromatic heterocycles. The molecule has 4 nitrogen and oxygen atoms in total. The summed E-state index contributed by atoms with van der Waals surface area (Å²) in [5.74, 6) is 0. The number of benzene rings is 1. The van der Waals surface area contributed by atoms with Crippen LogP contribution in [0.5, 0.6) is 0 Å². The molecule has 1 aromatic carbocycles. The average molecular weight is 356 g/mol. The first-order valence-corrected chi connectivity index (χ1v) is 8.33. The lowest BCUT2D eigenvalue weighted by Gasteiger charge is -2.27. The lowest BCUT2D eigenvalue weighted by Crippen LogP contribution is -2.38. The third kappa shape index (κ3) is 5.04. The molecule has 2 rings (SSSR count). The molecule has 1 fully saturated rings. The maximum Gasteiger partial charge on any atom is 0.0682 e. The van der Waals surface area contributed by atoms with Crippen LogP contribution in [0.1, 0.15) is 24.4 Å². The van der Waals surface area contributed by atoms with Crippen LogP contribution in [-0.4, -0.2) is 60.8 Å². The Morgan fingerprint density at radius 2 is 2.05 bits per heavy atom. The fourth-order valence-electron chi connectivity index (χ4n) is 3.02. The molecular formula is C16H26BrN3O. The lowest BCUT2D eigenvalue weighted by molar-refractivity contribution is 0.170. The monoisotopic (exact) mass is 355 g/mol. The van der Waals surface area contributed by atoms with Crippen LogP contribution < -0.4 is 5.73 Å². The van der Waals surface area contributed by atoms with Gasteiger partial charge in [0.1, 0.15) is 0 Å². The van der Waals surface area contributed by atoms with Gasteiger partial charge in [0.2, 0.25) is 0 Å². The quantitative estimate of drug-likeness (QED) is 0.817. The van der Waals surface area contributed by atoms with Gasteiger partial charge in [0, 0.05) is 36.2 Å². The van der Waals surface area contributed by atoms with Crippen molar-refractivity contribution in [3.8, 4) is 0 Å². The Labute approximate surface area is 136 Å². The fourth-order valence-corrected chi connectivity index (χ4v) is 3.29. The Bertz CT molecular complexity index is 438. The predicted octanol–water partition coefficient (Wildman–Crippen LogP) is 1.84. The minimum Gasteiger partial charge on any atom is -0.392 e. The molecule has 1 aliphatic heterocycles. The molecule has 5 heteroatoms. The highest BCUT2D eigenvalue weighted by Gasteiger charge is 2.30. The highest BCUT2D eigenvalue weighted by molar-refractivity contribution is 9.10. The number of hydrogen-bond acceptors (Lipinski definition) is 4. The smallest absolute Gasteiger partial charge is 0.0682 e. The molecule has 0 radical (unpaired) electrons. The largest absolute Gasteiger partial charge is 0.392 e. The Balaban J connectivity index is 1.87. The number of likely N-dealkylation sites (tertiary alicyclic amines) is 1. The maximum absolute atomic E-state index is 9.90. The van der Waals surface area contributed by atoms with Crippen molar-refractivity contribution in [3.63, 3.8) is 0 Å². The van der Waals surface area contributed by atoms with Crippen LogP contribution in [0.15, 0.2) is 28.7 Å². The molecule has 1 aliphatic rings. The van der Waals surface area contributed by atoms with Crippen LogP contribution >= 0.6 is 15.9 Å². The van der Waals surface area contributed by atoms with Crippen molar-refractivity contribution in [1.82, 2.24) is 9.80 Å². The first-order chi connectivity index (χ1) is 9.95. The number of β-amino-alcohol motifs (C(OH)–C–C–N with tert-alkyl or cyclic N) is 1. The summed E-state index contributed by atoms with van der Waals surface area (Å²) in [6.07, 6.45) is 1.59. The molecule has 3 unspecified atom stereocenters. The van der Waals surface area contributed by atoms with Crippen molar-refractivity contribution < 1.29 is 5.11 Å². The Hall–Kier alpha value is -0.460. The second kappa shape index (κ2) is 7.70. The maximum atomic E-state index is 9.90. The van der Waals surface area contributed by atoms with Gasteiger partial charge in [-0.05, 0) is 44.6 Å². The van der Waals surface area contributed by atoms with Crippen molar-refractivity contribution in [2.45, 2.75) is 31.0 Å². The van der Waals surface area contributed by atoms with Gasteiger partial charge in [0.25, 0.3) is 0 Å². The number of nitrogens with two attached hydrogens (primary N) is 1. The Morgan fingerprint density at radius 1 is 1.38 bits per heavy atom. The number of nitrogens with zero attached hydrogens (tertiary/aromatic N) is 2. The van der Waals surface area contributed by atoms with Gasteiger partial charge in [-0.15, -0.1) is 0 Å². The number of likely N-dealkylation sites (N-methyl/N-ethyl adjacent to an activating group) is 1. The molecule has 0 bridgehead atoms. The van der Waals surface area contributed by atoms with Crippen LogP contribution in [0.3, 0.4) is 0 Å². The lowest BCUT2D eigenvalue weighted by atomic mass is 10.0. The SMILES string of the molecule is CN(C)CC1CC(O)CN1CCC(N)c1ccc(Br)cc1. The Kier molecular flexibility index (Phi) is 6.20. The minimum atomic E-state index is -0.196. The van der Waals surface area contributed by atoms with Gasteiger partial charge >= 0.3 is 0 Å². The standard InChI is InChI=1S/C16H26BrN3O/c1-19(2)10-14-9-15(21)11-20(14)8-7-16(18)12-3-5-13(17)6-4-12/h3-6,14-16,21H,7-11,18H2,1-2H3. The van der Waals surface area contributed by atoms with Gasteiger partial charge in [-0.3, -0.25) is 4.90 Å². The number of halogens is 1. The van der Waals surface area contributed by atoms with E-state index >= 15 is 0 Å². The van der Waals surface area contributed by atoms with Crippen molar-refractivity contribution in [1.29, 1.82) is 0 Å². The summed E-state index contributed by atoms with van der Waals surface area (Å²) in [5, 5.41) is 9.90. The van der Waals surface area contributed by atoms with E-state index in [4.69, 9.17) is 5.73 Å². The molecule has 1 heterocycles. The first-order valence-electron chi connectivity index (χ1n) is 7.53. The number of aliphatic hydroxyl groups excluding tert-OH is 1. The minimum absolute atomic E-state index is 0.0517. The van der Waals surface area contributed by atoms with Crippen molar-refractivity contribution in [2.75, 3.05) is 33.7 Å². The fraction of sp³-hybridized carbons (Fsp3) is 0.625. The molecule has 1 saturated heterocycles. The molecule has 1 aromatic rings. The van der Waals surface area contributed by atoms with E-state index in [1.807, 2.05) is 12.1 Å². The summed E-state index contributed by atoms with van der Waals surface area (Å²) in [5.41, 5.74) is 7.46. The third-order valence-electron chi connectivity index (χ3n) is 4.11. The van der Waals surface area contributed by atoms with Crippen LogP contribution in [0, 0.1) is 0 Å². The summed E-state index contributed by atoms with van der Waals surface area (Å²) in [6, 6.07) is 8.70. The summed E-state index contributed by atoms with van der Waals surface area (Å²) in [7, 11) is 4.16. The first kappa shape index (κ1) is 16.9. The van der Waals surface area contributed by atoms with E-state index in [1.165, 1.54) is 5.56 Å². The number of aliphatic hydroxyl groups is 1. The zero-order chi connectivity index (χ0) is 15.4. The van der Waals surface area contributed by atoms with E-state index in [9.17, 15) is 5.11 Å². The third-order valence-corrected chi connectivity index (χ3v) is 4.64. The molecular weight excluding hydrogens is 330 g/mol. The zero-order valence-electron chi connectivity index (χ0n) is 12.9. The molecule has 0 aliphatic carbocycles. The summed E-state index contributed by atoms with van der Waals surface area (Å²) in [4.78, 5) is 4.56. The van der Waals surface area contributed by atoms with Crippen LogP contribution in [0.25, 0.3) is 0 Å². The normalized spacial score (nSPS) is 24.7. The summed E-state index contributed by atoms with van der Waals surface area (Å²) in [6.45, 7) is 2.70. The van der Waals surface area contributed by atoms with E-state index in [1.54, 1.807) is 0 Å². The van der Waals surface area contributed by atoms with E-state index in [0.29, 0.717) is 6.04 Å². The summed E-state index contributed by atoms with van der Waals surface area (Å²) >= 11 is 3.44. The highest BCUT2D eigenvalue weighted by Crippen LogP contribution is 2.22. The number of hydrogen-bond donors (Lipinski definition) is 2. The number of rotatable bonds is 6. The van der Waals surface area contributed by atoms with E-state index in [-0.39, 0.29) is 12.1 Å². The molecule has 0 saturated carbocycles. The molecule has 21 heavy (non-hydrogen) atoms. The van der Waals surface area contributed by atoms with Crippen molar-refractivity contribution in [2.24, 2.45) is 5.73 Å². The molecule has 0 amide bonds.